The molecule has 21 heavy (non-hydrogen) atoms. The number of aromatic nitrogens is 1. The Morgan fingerprint density at radius 3 is 2.86 bits per heavy atom. The Balaban J connectivity index is 1.86. The highest BCUT2D eigenvalue weighted by Crippen LogP contribution is 2.38. The van der Waals surface area contributed by atoms with Crippen LogP contribution >= 0.6 is 0 Å². The van der Waals surface area contributed by atoms with Gasteiger partial charge in [-0.15, -0.1) is 0 Å². The van der Waals surface area contributed by atoms with Crippen molar-refractivity contribution in [3.05, 3.63) is 17.8 Å². The van der Waals surface area contributed by atoms with Crippen LogP contribution in [0.4, 0.5) is 23.8 Å². The number of carboxylic acid groups (broad SMARTS) is 1. The molecular formula is C12H12F3N3O3. The smallest absolute Gasteiger partial charge is 0.418 e. The second kappa shape index (κ2) is 4.68. The maximum atomic E-state index is 12.6. The van der Waals surface area contributed by atoms with Crippen molar-refractivity contribution >= 4 is 11.9 Å². The van der Waals surface area contributed by atoms with Crippen molar-refractivity contribution in [1.29, 1.82) is 0 Å². The van der Waals surface area contributed by atoms with Crippen LogP contribution in [0.2, 0.25) is 0 Å². The summed E-state index contributed by atoms with van der Waals surface area (Å²) in [6.45, 7) is 1.05. The lowest BCUT2D eigenvalue weighted by atomic mass is 10.1. The number of piperazine rings is 1. The summed E-state index contributed by atoms with van der Waals surface area (Å²) in [4.78, 5) is 17.9. The van der Waals surface area contributed by atoms with Crippen LogP contribution in [-0.2, 0) is 6.18 Å². The van der Waals surface area contributed by atoms with Crippen molar-refractivity contribution in [2.24, 2.45) is 0 Å². The number of rotatable bonds is 0. The Morgan fingerprint density at radius 1 is 1.43 bits per heavy atom. The number of ether oxygens (including phenoxy) is 1. The standard InChI is InChI=1S/C12H12F3N3O3/c13-12(14,15)7-3-9-10(16-4-7)18-2-1-17(11(19)20)5-8(18)6-21-9/h3-4,8H,1-2,5-6H2,(H,19,20)/t8-/m1/s1. The van der Waals surface area contributed by atoms with Gasteiger partial charge in [0.25, 0.3) is 0 Å². The van der Waals surface area contributed by atoms with E-state index in [9.17, 15) is 18.0 Å². The Bertz CT molecular complexity index is 579. The number of carbonyl (C=O) groups is 1. The van der Waals surface area contributed by atoms with E-state index in [1.807, 2.05) is 0 Å². The molecule has 2 aliphatic rings. The van der Waals surface area contributed by atoms with E-state index >= 15 is 0 Å². The van der Waals surface area contributed by atoms with Gasteiger partial charge in [-0.05, 0) is 6.07 Å². The fraction of sp³-hybridized carbons (Fsp3) is 0.500. The van der Waals surface area contributed by atoms with Gasteiger partial charge in [-0.1, -0.05) is 0 Å². The summed E-state index contributed by atoms with van der Waals surface area (Å²) in [5, 5.41) is 8.98. The van der Waals surface area contributed by atoms with Gasteiger partial charge in [-0.2, -0.15) is 13.2 Å². The summed E-state index contributed by atoms with van der Waals surface area (Å²) >= 11 is 0. The van der Waals surface area contributed by atoms with Crippen LogP contribution in [0.3, 0.4) is 0 Å². The minimum atomic E-state index is -4.47. The van der Waals surface area contributed by atoms with Crippen LogP contribution in [0.5, 0.6) is 5.75 Å². The van der Waals surface area contributed by atoms with E-state index in [1.54, 1.807) is 4.90 Å². The van der Waals surface area contributed by atoms with Gasteiger partial charge < -0.3 is 19.6 Å². The molecule has 0 spiro atoms. The first-order chi connectivity index (χ1) is 9.86. The van der Waals surface area contributed by atoms with Gasteiger partial charge in [0.2, 0.25) is 0 Å². The number of alkyl halides is 3. The Morgan fingerprint density at radius 2 is 2.19 bits per heavy atom. The van der Waals surface area contributed by atoms with E-state index < -0.39 is 17.8 Å². The van der Waals surface area contributed by atoms with Crippen LogP contribution in [0.25, 0.3) is 0 Å². The van der Waals surface area contributed by atoms with Crippen LogP contribution in [0, 0.1) is 0 Å². The first kappa shape index (κ1) is 13.8. The number of fused-ring (bicyclic) bond motifs is 3. The first-order valence-electron chi connectivity index (χ1n) is 6.31. The number of pyridine rings is 1. The number of anilines is 1. The molecule has 1 N–H and O–H groups in total. The average molecular weight is 303 g/mol. The second-order valence-corrected chi connectivity index (χ2v) is 4.93. The number of halogens is 3. The SMILES string of the molecule is O=C(O)N1CCN2c3ncc(C(F)(F)F)cc3OC[C@H]2C1. The number of hydrogen-bond acceptors (Lipinski definition) is 4. The Kier molecular flexibility index (Phi) is 3.07. The van der Waals surface area contributed by atoms with Crippen molar-refractivity contribution in [2.45, 2.75) is 12.2 Å². The monoisotopic (exact) mass is 303 g/mol. The minimum absolute atomic E-state index is 0.0878. The summed E-state index contributed by atoms with van der Waals surface area (Å²) in [6, 6.07) is 0.703. The summed E-state index contributed by atoms with van der Waals surface area (Å²) in [5.41, 5.74) is -0.858. The molecule has 0 radical (unpaired) electrons. The summed E-state index contributed by atoms with van der Waals surface area (Å²) in [5.74, 6) is 0.425. The van der Waals surface area contributed by atoms with Gasteiger partial charge in [0.1, 0.15) is 6.61 Å². The van der Waals surface area contributed by atoms with Gasteiger partial charge in [-0.25, -0.2) is 9.78 Å². The average Bonchev–Trinajstić information content (AvgIpc) is 2.44. The zero-order chi connectivity index (χ0) is 15.2. The summed E-state index contributed by atoms with van der Waals surface area (Å²) in [6.07, 6.45) is -4.71. The highest BCUT2D eigenvalue weighted by molar-refractivity contribution is 5.66. The van der Waals surface area contributed by atoms with Gasteiger partial charge >= 0.3 is 12.3 Å². The number of amides is 1. The molecule has 1 saturated heterocycles. The molecule has 2 aliphatic heterocycles. The predicted molar refractivity (Wildman–Crippen MR) is 65.5 cm³/mol. The minimum Gasteiger partial charge on any atom is -0.487 e. The largest absolute Gasteiger partial charge is 0.487 e. The van der Waals surface area contributed by atoms with Gasteiger partial charge in [0.05, 0.1) is 11.6 Å². The van der Waals surface area contributed by atoms with Crippen LogP contribution in [-0.4, -0.2) is 53.4 Å². The summed E-state index contributed by atoms with van der Waals surface area (Å²) < 4.78 is 43.3. The molecule has 0 aliphatic carbocycles. The van der Waals surface area contributed by atoms with Crippen LogP contribution in [0.15, 0.2) is 12.3 Å². The third-order valence-corrected chi connectivity index (χ3v) is 3.62. The van der Waals surface area contributed by atoms with E-state index in [1.165, 1.54) is 4.90 Å². The predicted octanol–water partition coefficient (Wildman–Crippen LogP) is 1.66. The lowest BCUT2D eigenvalue weighted by molar-refractivity contribution is -0.138. The molecule has 1 amide bonds. The van der Waals surface area contributed by atoms with E-state index in [-0.39, 0.29) is 31.5 Å². The number of hydrogen-bond donors (Lipinski definition) is 1. The highest BCUT2D eigenvalue weighted by Gasteiger charge is 2.38. The molecule has 1 fully saturated rings. The second-order valence-electron chi connectivity index (χ2n) is 4.93. The third kappa shape index (κ3) is 2.43. The maximum absolute atomic E-state index is 12.6. The lowest BCUT2D eigenvalue weighted by Crippen LogP contribution is -2.58. The van der Waals surface area contributed by atoms with E-state index in [4.69, 9.17) is 9.84 Å². The molecule has 0 saturated carbocycles. The van der Waals surface area contributed by atoms with Crippen LogP contribution in [0.1, 0.15) is 5.56 Å². The van der Waals surface area contributed by atoms with Crippen molar-refractivity contribution in [1.82, 2.24) is 9.88 Å². The highest BCUT2D eigenvalue weighted by atomic mass is 19.4. The molecule has 1 aromatic rings. The zero-order valence-corrected chi connectivity index (χ0v) is 10.8. The van der Waals surface area contributed by atoms with E-state index in [2.05, 4.69) is 4.98 Å². The molecule has 0 aromatic carbocycles. The van der Waals surface area contributed by atoms with Gasteiger partial charge in [0.15, 0.2) is 11.6 Å². The van der Waals surface area contributed by atoms with E-state index in [0.717, 1.165) is 12.3 Å². The molecule has 0 unspecified atom stereocenters. The molecular weight excluding hydrogens is 291 g/mol. The molecule has 3 rings (SSSR count). The summed E-state index contributed by atoms with van der Waals surface area (Å²) in [7, 11) is 0. The molecule has 0 bridgehead atoms. The molecule has 1 aromatic heterocycles. The maximum Gasteiger partial charge on any atom is 0.418 e. The van der Waals surface area contributed by atoms with Crippen LogP contribution < -0.4 is 9.64 Å². The fourth-order valence-corrected chi connectivity index (χ4v) is 2.55. The molecule has 1 atom stereocenters. The van der Waals surface area contributed by atoms with Gasteiger partial charge in [0, 0.05) is 25.8 Å². The molecule has 9 heteroatoms. The van der Waals surface area contributed by atoms with E-state index in [0.29, 0.717) is 12.4 Å². The third-order valence-electron chi connectivity index (χ3n) is 3.62. The van der Waals surface area contributed by atoms with Crippen molar-refractivity contribution in [3.63, 3.8) is 0 Å². The quantitative estimate of drug-likeness (QED) is 0.789. The van der Waals surface area contributed by atoms with Crippen molar-refractivity contribution in [3.8, 4) is 5.75 Å². The molecule has 3 heterocycles. The van der Waals surface area contributed by atoms with Crippen molar-refractivity contribution < 1.29 is 27.8 Å². The van der Waals surface area contributed by atoms with Crippen molar-refractivity contribution in [2.75, 3.05) is 31.1 Å². The Hall–Kier alpha value is -2.19. The first-order valence-corrected chi connectivity index (χ1v) is 6.31. The lowest BCUT2D eigenvalue weighted by Gasteiger charge is -2.43. The topological polar surface area (TPSA) is 65.9 Å². The van der Waals surface area contributed by atoms with Gasteiger partial charge in [-0.3, -0.25) is 0 Å². The normalized spacial score (nSPS) is 21.4. The fourth-order valence-electron chi connectivity index (χ4n) is 2.55. The number of nitrogens with zero attached hydrogens (tertiary/aromatic N) is 3. The Labute approximate surface area is 117 Å². The molecule has 114 valence electrons. The zero-order valence-electron chi connectivity index (χ0n) is 10.8. The molecule has 6 nitrogen and oxygen atoms in total.